The van der Waals surface area contributed by atoms with Gasteiger partial charge in [0, 0.05) is 0 Å². The number of ether oxygens (including phenoxy) is 1. The van der Waals surface area contributed by atoms with Gasteiger partial charge in [-0.1, -0.05) is 12.2 Å². The minimum Gasteiger partial charge on any atom is -0.463 e. The number of hydrogen-bond acceptors (Lipinski definition) is 4. The summed E-state index contributed by atoms with van der Waals surface area (Å²) in [5.74, 6) is -0.320. The smallest absolute Gasteiger partial charge is 0.425 e. The number of rotatable bonds is 3. The van der Waals surface area contributed by atoms with Crippen molar-refractivity contribution in [3.63, 3.8) is 0 Å². The Kier molecular flexibility index (Phi) is 3.63. The number of nitrogens with two attached hydrogens (primary N) is 1. The van der Waals surface area contributed by atoms with E-state index in [1.165, 1.54) is 12.3 Å². The molecule has 1 atom stereocenters. The van der Waals surface area contributed by atoms with Gasteiger partial charge in [0.25, 0.3) is 0 Å². The first-order chi connectivity index (χ1) is 7.32. The highest BCUT2D eigenvalue weighted by Gasteiger charge is 2.38. The zero-order valence-corrected chi connectivity index (χ0v) is 8.97. The van der Waals surface area contributed by atoms with Crippen molar-refractivity contribution < 1.29 is 17.9 Å². The summed E-state index contributed by atoms with van der Waals surface area (Å²) in [5, 5.41) is 6.82. The Morgan fingerprint density at radius 2 is 2.19 bits per heavy atom. The second-order valence-electron chi connectivity index (χ2n) is 2.92. The molecule has 1 rings (SSSR count). The first-order valence-corrected chi connectivity index (χ1v) is 4.58. The molecule has 8 heteroatoms. The van der Waals surface area contributed by atoms with Crippen LogP contribution in [-0.4, -0.2) is 27.5 Å². The van der Waals surface area contributed by atoms with Gasteiger partial charge < -0.3 is 10.5 Å². The highest BCUT2D eigenvalue weighted by Crippen LogP contribution is 2.25. The number of aromatic nitrogens is 2. The van der Waals surface area contributed by atoms with Crippen LogP contribution in [-0.2, 0) is 0 Å². The molecule has 2 N–H and O–H groups in total. The van der Waals surface area contributed by atoms with Gasteiger partial charge in [-0.05, 0) is 13.0 Å². The second-order valence-corrected chi connectivity index (χ2v) is 3.36. The molecule has 4 nitrogen and oxygen atoms in total. The van der Waals surface area contributed by atoms with E-state index in [0.29, 0.717) is 0 Å². The number of halogens is 3. The molecule has 0 aliphatic rings. The lowest BCUT2D eigenvalue weighted by molar-refractivity contribution is -0.190. The van der Waals surface area contributed by atoms with Crippen LogP contribution in [0.5, 0.6) is 5.88 Å². The third kappa shape index (κ3) is 3.02. The standard InChI is InChI=1S/C8H8F3N3OS/c1-4(8(9,10)11)15-7-5(6(12)16)2-3-13-14-7/h2-4H,1H3,(H2,12,16). The fourth-order valence-corrected chi connectivity index (χ4v) is 0.983. The van der Waals surface area contributed by atoms with Crippen LogP contribution < -0.4 is 10.5 Å². The normalized spacial score (nSPS) is 13.2. The molecule has 1 heterocycles. The number of alkyl halides is 3. The van der Waals surface area contributed by atoms with Crippen LogP contribution in [0.2, 0.25) is 0 Å². The maximum atomic E-state index is 12.2. The highest BCUT2D eigenvalue weighted by atomic mass is 32.1. The molecule has 0 aromatic carbocycles. The van der Waals surface area contributed by atoms with Crippen LogP contribution in [0.4, 0.5) is 13.2 Å². The summed E-state index contributed by atoms with van der Waals surface area (Å²) in [4.78, 5) is -0.0979. The third-order valence-electron chi connectivity index (χ3n) is 1.70. The fourth-order valence-electron chi connectivity index (χ4n) is 0.828. The molecule has 0 saturated carbocycles. The Morgan fingerprint density at radius 3 is 2.69 bits per heavy atom. The molecular weight excluding hydrogens is 243 g/mol. The average Bonchev–Trinajstić information content (AvgIpc) is 2.16. The van der Waals surface area contributed by atoms with Gasteiger partial charge in [-0.3, -0.25) is 0 Å². The molecular formula is C8H8F3N3OS. The number of hydrogen-bond donors (Lipinski definition) is 1. The van der Waals surface area contributed by atoms with Crippen LogP contribution in [0.1, 0.15) is 12.5 Å². The summed E-state index contributed by atoms with van der Waals surface area (Å²) in [7, 11) is 0. The molecule has 0 aliphatic heterocycles. The van der Waals surface area contributed by atoms with Crippen molar-refractivity contribution in [3.05, 3.63) is 17.8 Å². The predicted octanol–water partition coefficient (Wildman–Crippen LogP) is 1.44. The Hall–Kier alpha value is -1.44. The summed E-state index contributed by atoms with van der Waals surface area (Å²) >= 11 is 4.64. The molecule has 88 valence electrons. The zero-order valence-electron chi connectivity index (χ0n) is 8.15. The molecule has 16 heavy (non-hydrogen) atoms. The summed E-state index contributed by atoms with van der Waals surface area (Å²) in [6, 6.07) is 1.34. The number of nitrogens with zero attached hydrogens (tertiary/aromatic N) is 2. The molecule has 1 aromatic heterocycles. The summed E-state index contributed by atoms with van der Waals surface area (Å²) < 4.78 is 41.3. The van der Waals surface area contributed by atoms with Gasteiger partial charge in [0.05, 0.1) is 11.8 Å². The predicted molar refractivity (Wildman–Crippen MR) is 54.1 cm³/mol. The maximum absolute atomic E-state index is 12.2. The Balaban J connectivity index is 2.93. The van der Waals surface area contributed by atoms with E-state index in [-0.39, 0.29) is 16.4 Å². The summed E-state index contributed by atoms with van der Waals surface area (Å²) in [5.41, 5.74) is 5.43. The van der Waals surface area contributed by atoms with Gasteiger partial charge in [0.1, 0.15) is 4.99 Å². The SMILES string of the molecule is CC(Oc1nnccc1C(N)=S)C(F)(F)F. The number of thiocarbonyl (C=S) groups is 1. The Bertz CT molecular complexity index is 396. The molecule has 0 bridgehead atoms. The second kappa shape index (κ2) is 4.60. The average molecular weight is 251 g/mol. The van der Waals surface area contributed by atoms with E-state index >= 15 is 0 Å². The van der Waals surface area contributed by atoms with Crippen molar-refractivity contribution in [3.8, 4) is 5.88 Å². The minimum absolute atomic E-state index is 0.0979. The van der Waals surface area contributed by atoms with Crippen molar-refractivity contribution in [2.75, 3.05) is 0 Å². The lowest BCUT2D eigenvalue weighted by Gasteiger charge is -2.17. The monoisotopic (exact) mass is 251 g/mol. The summed E-state index contributed by atoms with van der Waals surface area (Å²) in [6.45, 7) is 0.859. The minimum atomic E-state index is -4.48. The van der Waals surface area contributed by atoms with E-state index in [1.807, 2.05) is 0 Å². The summed E-state index contributed by atoms with van der Waals surface area (Å²) in [6.07, 6.45) is -5.22. The fraction of sp³-hybridized carbons (Fsp3) is 0.375. The van der Waals surface area contributed by atoms with Crippen molar-refractivity contribution in [1.82, 2.24) is 10.2 Å². The van der Waals surface area contributed by atoms with Crippen LogP contribution >= 0.6 is 12.2 Å². The molecule has 0 saturated heterocycles. The molecule has 1 aromatic rings. The van der Waals surface area contributed by atoms with Gasteiger partial charge >= 0.3 is 6.18 Å². The lowest BCUT2D eigenvalue weighted by Crippen LogP contribution is -2.32. The largest absolute Gasteiger partial charge is 0.463 e. The maximum Gasteiger partial charge on any atom is 0.425 e. The van der Waals surface area contributed by atoms with Crippen LogP contribution in [0.25, 0.3) is 0 Å². The van der Waals surface area contributed by atoms with Crippen LogP contribution in [0, 0.1) is 0 Å². The molecule has 0 radical (unpaired) electrons. The molecule has 0 spiro atoms. The molecule has 0 amide bonds. The van der Waals surface area contributed by atoms with Crippen molar-refractivity contribution in [2.45, 2.75) is 19.2 Å². The van der Waals surface area contributed by atoms with Gasteiger partial charge in [-0.2, -0.15) is 18.3 Å². The van der Waals surface area contributed by atoms with Crippen molar-refractivity contribution in [2.24, 2.45) is 5.73 Å². The highest BCUT2D eigenvalue weighted by molar-refractivity contribution is 7.80. The van der Waals surface area contributed by atoms with Crippen molar-refractivity contribution >= 4 is 17.2 Å². The van der Waals surface area contributed by atoms with Crippen molar-refractivity contribution in [1.29, 1.82) is 0 Å². The van der Waals surface area contributed by atoms with E-state index in [4.69, 9.17) is 5.73 Å². The van der Waals surface area contributed by atoms with E-state index in [0.717, 1.165) is 6.92 Å². The van der Waals surface area contributed by atoms with E-state index in [9.17, 15) is 13.2 Å². The van der Waals surface area contributed by atoms with Gasteiger partial charge in [-0.15, -0.1) is 5.10 Å². The van der Waals surface area contributed by atoms with Gasteiger partial charge in [0.15, 0.2) is 6.10 Å². The van der Waals surface area contributed by atoms with E-state index < -0.39 is 12.3 Å². The first kappa shape index (κ1) is 12.6. The van der Waals surface area contributed by atoms with Crippen LogP contribution in [0.15, 0.2) is 12.3 Å². The van der Waals surface area contributed by atoms with Gasteiger partial charge in [0.2, 0.25) is 5.88 Å². The zero-order chi connectivity index (χ0) is 12.3. The molecule has 0 aliphatic carbocycles. The molecule has 0 fully saturated rings. The van der Waals surface area contributed by atoms with E-state index in [1.54, 1.807) is 0 Å². The Labute approximate surface area is 94.6 Å². The Morgan fingerprint density at radius 1 is 1.56 bits per heavy atom. The van der Waals surface area contributed by atoms with Crippen LogP contribution in [0.3, 0.4) is 0 Å². The lowest BCUT2D eigenvalue weighted by atomic mass is 10.3. The quantitative estimate of drug-likeness (QED) is 0.824. The molecule has 1 unspecified atom stereocenters. The first-order valence-electron chi connectivity index (χ1n) is 4.17. The van der Waals surface area contributed by atoms with E-state index in [2.05, 4.69) is 27.2 Å². The topological polar surface area (TPSA) is 61.0 Å². The van der Waals surface area contributed by atoms with Gasteiger partial charge in [-0.25, -0.2) is 0 Å². The third-order valence-corrected chi connectivity index (χ3v) is 1.92.